The van der Waals surface area contributed by atoms with Gasteiger partial charge < -0.3 is 10.4 Å². The second kappa shape index (κ2) is 6.54. The molecule has 1 saturated carbocycles. The molecule has 0 aromatic heterocycles. The van der Waals surface area contributed by atoms with Gasteiger partial charge in [0.2, 0.25) is 5.91 Å². The zero-order valence-corrected chi connectivity index (χ0v) is 12.2. The summed E-state index contributed by atoms with van der Waals surface area (Å²) in [5.74, 6) is -0.309. The number of rotatable bonds is 4. The summed E-state index contributed by atoms with van der Waals surface area (Å²) in [5.41, 5.74) is -0.648. The normalized spacial score (nSPS) is 22.9. The largest absolute Gasteiger partial charge is 0.387 e. The Hall–Kier alpha value is -1.14. The SMILES string of the molecule is CCC1(O)CN(CC(=O)NC(=O)NC2CCCCC2)C1. The van der Waals surface area contributed by atoms with Crippen LogP contribution in [0.4, 0.5) is 4.79 Å². The van der Waals surface area contributed by atoms with Crippen molar-refractivity contribution < 1.29 is 14.7 Å². The highest BCUT2D eigenvalue weighted by atomic mass is 16.3. The molecule has 0 aromatic rings. The fourth-order valence-electron chi connectivity index (χ4n) is 2.96. The molecule has 114 valence electrons. The summed E-state index contributed by atoms with van der Waals surface area (Å²) < 4.78 is 0. The molecule has 3 N–H and O–H groups in total. The van der Waals surface area contributed by atoms with E-state index in [1.807, 2.05) is 11.8 Å². The summed E-state index contributed by atoms with van der Waals surface area (Å²) in [6.45, 7) is 3.09. The highest BCUT2D eigenvalue weighted by molar-refractivity contribution is 5.95. The number of urea groups is 1. The number of nitrogens with zero attached hydrogens (tertiary/aromatic N) is 1. The quantitative estimate of drug-likeness (QED) is 0.706. The summed E-state index contributed by atoms with van der Waals surface area (Å²) in [6, 6.07) is -0.195. The molecule has 2 aliphatic rings. The van der Waals surface area contributed by atoms with Crippen LogP contribution in [-0.2, 0) is 4.79 Å². The van der Waals surface area contributed by atoms with Crippen LogP contribution in [0.5, 0.6) is 0 Å². The average Bonchev–Trinajstić information content (AvgIpc) is 2.37. The van der Waals surface area contributed by atoms with Crippen molar-refractivity contribution in [2.45, 2.75) is 57.1 Å². The highest BCUT2D eigenvalue weighted by Crippen LogP contribution is 2.23. The van der Waals surface area contributed by atoms with Crippen LogP contribution in [0.25, 0.3) is 0 Å². The molecule has 0 radical (unpaired) electrons. The molecule has 0 atom stereocenters. The van der Waals surface area contributed by atoms with Crippen LogP contribution in [-0.4, -0.2) is 53.2 Å². The molecule has 1 aliphatic carbocycles. The molecule has 20 heavy (non-hydrogen) atoms. The van der Waals surface area contributed by atoms with Crippen LogP contribution in [0.15, 0.2) is 0 Å². The Balaban J connectivity index is 1.63. The second-order valence-corrected chi connectivity index (χ2v) is 6.08. The summed E-state index contributed by atoms with van der Waals surface area (Å²) in [4.78, 5) is 25.2. The van der Waals surface area contributed by atoms with Crippen molar-refractivity contribution in [3.05, 3.63) is 0 Å². The number of hydrogen-bond donors (Lipinski definition) is 3. The Kier molecular flexibility index (Phi) is 4.99. The highest BCUT2D eigenvalue weighted by Gasteiger charge is 2.40. The van der Waals surface area contributed by atoms with Gasteiger partial charge in [0.05, 0.1) is 12.1 Å². The van der Waals surface area contributed by atoms with Gasteiger partial charge in [-0.1, -0.05) is 26.2 Å². The Morgan fingerprint density at radius 3 is 2.50 bits per heavy atom. The molecule has 2 rings (SSSR count). The third-order valence-electron chi connectivity index (χ3n) is 4.25. The summed E-state index contributed by atoms with van der Waals surface area (Å²) in [6.07, 6.45) is 6.19. The van der Waals surface area contributed by atoms with Gasteiger partial charge in [-0.2, -0.15) is 0 Å². The molecule has 0 bridgehead atoms. The number of nitrogens with one attached hydrogen (secondary N) is 2. The maximum absolute atomic E-state index is 11.7. The Labute approximate surface area is 119 Å². The van der Waals surface area contributed by atoms with Crippen LogP contribution in [0, 0.1) is 0 Å². The third kappa shape index (κ3) is 4.18. The summed E-state index contributed by atoms with van der Waals surface area (Å²) in [5, 5.41) is 15.1. The molecule has 6 heteroatoms. The molecule has 0 spiro atoms. The van der Waals surface area contributed by atoms with E-state index in [1.54, 1.807) is 0 Å². The first-order chi connectivity index (χ1) is 9.50. The first kappa shape index (κ1) is 15.3. The van der Waals surface area contributed by atoms with Crippen molar-refractivity contribution in [3.8, 4) is 0 Å². The molecule has 0 unspecified atom stereocenters. The minimum absolute atomic E-state index is 0.167. The number of amides is 3. The van der Waals surface area contributed by atoms with Gasteiger partial charge in [0.1, 0.15) is 0 Å². The molecular weight excluding hydrogens is 258 g/mol. The summed E-state index contributed by atoms with van der Waals surface area (Å²) >= 11 is 0. The van der Waals surface area contributed by atoms with Crippen LogP contribution >= 0.6 is 0 Å². The van der Waals surface area contributed by atoms with Crippen molar-refractivity contribution in [2.24, 2.45) is 0 Å². The maximum atomic E-state index is 11.7. The van der Waals surface area contributed by atoms with E-state index in [9.17, 15) is 14.7 Å². The number of aliphatic hydroxyl groups is 1. The van der Waals surface area contributed by atoms with Gasteiger partial charge in [-0.15, -0.1) is 0 Å². The molecule has 6 nitrogen and oxygen atoms in total. The Morgan fingerprint density at radius 1 is 1.25 bits per heavy atom. The van der Waals surface area contributed by atoms with E-state index < -0.39 is 11.6 Å². The Morgan fingerprint density at radius 2 is 1.90 bits per heavy atom. The lowest BCUT2D eigenvalue weighted by atomic mass is 9.91. The molecule has 1 aliphatic heterocycles. The zero-order chi connectivity index (χ0) is 14.6. The number of β-amino-alcohol motifs (C(OH)–C–C–N with tert-alkyl or cyclic N) is 1. The van der Waals surface area contributed by atoms with Crippen LogP contribution in [0.3, 0.4) is 0 Å². The third-order valence-corrected chi connectivity index (χ3v) is 4.25. The average molecular weight is 283 g/mol. The monoisotopic (exact) mass is 283 g/mol. The van der Waals surface area contributed by atoms with Gasteiger partial charge in [-0.25, -0.2) is 4.79 Å². The van der Waals surface area contributed by atoms with Crippen molar-refractivity contribution in [2.75, 3.05) is 19.6 Å². The second-order valence-electron chi connectivity index (χ2n) is 6.08. The number of hydrogen-bond acceptors (Lipinski definition) is 4. The van der Waals surface area contributed by atoms with Gasteiger partial charge in [0.15, 0.2) is 0 Å². The van der Waals surface area contributed by atoms with Crippen molar-refractivity contribution in [1.29, 1.82) is 0 Å². The lowest BCUT2D eigenvalue weighted by Crippen LogP contribution is -2.63. The lowest BCUT2D eigenvalue weighted by molar-refractivity contribution is -0.132. The van der Waals surface area contributed by atoms with E-state index >= 15 is 0 Å². The first-order valence-electron chi connectivity index (χ1n) is 7.56. The lowest BCUT2D eigenvalue weighted by Gasteiger charge is -2.45. The van der Waals surface area contributed by atoms with Crippen LogP contribution in [0.2, 0.25) is 0 Å². The summed E-state index contributed by atoms with van der Waals surface area (Å²) in [7, 11) is 0. The first-order valence-corrected chi connectivity index (χ1v) is 7.56. The fourth-order valence-corrected chi connectivity index (χ4v) is 2.96. The van der Waals surface area contributed by atoms with Gasteiger partial charge in [-0.3, -0.25) is 15.0 Å². The van der Waals surface area contributed by atoms with E-state index in [-0.39, 0.29) is 18.5 Å². The minimum atomic E-state index is -0.648. The predicted molar refractivity (Wildman–Crippen MR) is 75.2 cm³/mol. The number of carbonyl (C=O) groups excluding carboxylic acids is 2. The van der Waals surface area contributed by atoms with Gasteiger partial charge >= 0.3 is 6.03 Å². The molecule has 2 fully saturated rings. The molecule has 1 saturated heterocycles. The van der Waals surface area contributed by atoms with E-state index in [2.05, 4.69) is 10.6 Å². The number of imide groups is 1. The Bertz CT molecular complexity index is 361. The topological polar surface area (TPSA) is 81.7 Å². The van der Waals surface area contributed by atoms with Crippen LogP contribution < -0.4 is 10.6 Å². The van der Waals surface area contributed by atoms with E-state index in [0.717, 1.165) is 25.7 Å². The smallest absolute Gasteiger partial charge is 0.321 e. The van der Waals surface area contributed by atoms with Gasteiger partial charge in [0, 0.05) is 19.1 Å². The molecular formula is C14H25N3O3. The van der Waals surface area contributed by atoms with E-state index in [1.165, 1.54) is 6.42 Å². The van der Waals surface area contributed by atoms with Crippen molar-refractivity contribution in [1.82, 2.24) is 15.5 Å². The zero-order valence-electron chi connectivity index (χ0n) is 12.2. The minimum Gasteiger partial charge on any atom is -0.387 e. The molecule has 3 amide bonds. The van der Waals surface area contributed by atoms with E-state index in [4.69, 9.17) is 0 Å². The van der Waals surface area contributed by atoms with Crippen molar-refractivity contribution in [3.63, 3.8) is 0 Å². The van der Waals surface area contributed by atoms with Gasteiger partial charge in [-0.05, 0) is 19.3 Å². The predicted octanol–water partition coefficient (Wildman–Crippen LogP) is 0.602. The number of carbonyl (C=O) groups is 2. The number of likely N-dealkylation sites (tertiary alicyclic amines) is 1. The van der Waals surface area contributed by atoms with Crippen molar-refractivity contribution >= 4 is 11.9 Å². The molecule has 0 aromatic carbocycles. The fraction of sp³-hybridized carbons (Fsp3) is 0.857. The van der Waals surface area contributed by atoms with Crippen LogP contribution in [0.1, 0.15) is 45.4 Å². The molecule has 1 heterocycles. The maximum Gasteiger partial charge on any atom is 0.321 e. The standard InChI is InChI=1S/C14H25N3O3/c1-2-14(20)9-17(10-14)8-12(18)16-13(19)15-11-6-4-3-5-7-11/h11,20H,2-10H2,1H3,(H2,15,16,18,19). The van der Waals surface area contributed by atoms with E-state index in [0.29, 0.717) is 19.5 Å². The van der Waals surface area contributed by atoms with Gasteiger partial charge in [0.25, 0.3) is 0 Å².